The first-order chi connectivity index (χ1) is 9.55. The van der Waals surface area contributed by atoms with Crippen LogP contribution in [0.3, 0.4) is 0 Å². The highest BCUT2D eigenvalue weighted by molar-refractivity contribution is 7.99. The number of halogens is 3. The summed E-state index contributed by atoms with van der Waals surface area (Å²) in [5.74, 6) is 0.707. The Morgan fingerprint density at radius 1 is 1.30 bits per heavy atom. The van der Waals surface area contributed by atoms with Crippen LogP contribution < -0.4 is 0 Å². The van der Waals surface area contributed by atoms with E-state index >= 15 is 0 Å². The van der Waals surface area contributed by atoms with Crippen LogP contribution in [0, 0.1) is 0 Å². The highest BCUT2D eigenvalue weighted by Crippen LogP contribution is 2.28. The van der Waals surface area contributed by atoms with Crippen molar-refractivity contribution >= 4 is 11.8 Å². The van der Waals surface area contributed by atoms with Crippen LogP contribution in [0.15, 0.2) is 17.4 Å². The number of rotatable bonds is 5. The number of hydrogen-bond donors (Lipinski definition) is 0. The number of alkyl halides is 3. The van der Waals surface area contributed by atoms with Crippen molar-refractivity contribution in [2.24, 2.45) is 0 Å². The van der Waals surface area contributed by atoms with E-state index in [0.29, 0.717) is 5.75 Å². The van der Waals surface area contributed by atoms with Crippen LogP contribution >= 0.6 is 11.8 Å². The topological polar surface area (TPSA) is 38.2 Å². The van der Waals surface area contributed by atoms with Gasteiger partial charge in [-0.3, -0.25) is 4.90 Å². The minimum atomic E-state index is -4.41. The predicted molar refractivity (Wildman–Crippen MR) is 69.6 cm³/mol. The second kappa shape index (κ2) is 7.24. The third-order valence-electron chi connectivity index (χ3n) is 2.88. The Bertz CT molecular complexity index is 425. The molecule has 1 saturated heterocycles. The molecule has 0 bridgehead atoms. The summed E-state index contributed by atoms with van der Waals surface area (Å²) in [6.07, 6.45) is -2.36. The van der Waals surface area contributed by atoms with Gasteiger partial charge in [-0.2, -0.15) is 13.2 Å². The van der Waals surface area contributed by atoms with Crippen LogP contribution in [-0.4, -0.2) is 53.5 Å². The number of thioether (sulfide) groups is 1. The number of hydrogen-bond acceptors (Lipinski definition) is 5. The molecule has 112 valence electrons. The van der Waals surface area contributed by atoms with Crippen molar-refractivity contribution in [1.29, 1.82) is 0 Å². The molecular weight excluding hydrogens is 291 g/mol. The Balaban J connectivity index is 1.73. The van der Waals surface area contributed by atoms with Gasteiger partial charge in [0.05, 0.1) is 13.2 Å². The van der Waals surface area contributed by atoms with Crippen molar-refractivity contribution in [2.75, 3.05) is 38.6 Å². The lowest BCUT2D eigenvalue weighted by atomic mass is 10.4. The molecule has 0 N–H and O–H groups in total. The van der Waals surface area contributed by atoms with Crippen molar-refractivity contribution in [2.45, 2.75) is 17.8 Å². The quantitative estimate of drug-likeness (QED) is 0.474. The van der Waals surface area contributed by atoms with E-state index in [2.05, 4.69) is 14.9 Å². The molecule has 0 atom stereocenters. The van der Waals surface area contributed by atoms with Crippen LogP contribution in [0.25, 0.3) is 0 Å². The normalized spacial score (nSPS) is 17.4. The van der Waals surface area contributed by atoms with E-state index in [0.717, 1.165) is 51.5 Å². The third kappa shape index (κ3) is 4.92. The molecule has 0 radical (unpaired) electrons. The minimum absolute atomic E-state index is 0.182. The maximum atomic E-state index is 12.5. The van der Waals surface area contributed by atoms with Crippen LogP contribution in [0.5, 0.6) is 0 Å². The molecule has 2 heterocycles. The Labute approximate surface area is 119 Å². The molecule has 0 amide bonds. The lowest BCUT2D eigenvalue weighted by Gasteiger charge is -2.26. The summed E-state index contributed by atoms with van der Waals surface area (Å²) in [4.78, 5) is 9.67. The lowest BCUT2D eigenvalue weighted by molar-refractivity contribution is -0.141. The predicted octanol–water partition coefficient (Wildman–Crippen LogP) is 2.31. The summed E-state index contributed by atoms with van der Waals surface area (Å²) in [5, 5.41) is 0.182. The Hall–Kier alpha value is -0.860. The van der Waals surface area contributed by atoms with Crippen LogP contribution in [-0.2, 0) is 10.9 Å². The van der Waals surface area contributed by atoms with Gasteiger partial charge in [-0.15, -0.1) is 0 Å². The average Bonchev–Trinajstić information content (AvgIpc) is 2.44. The zero-order chi connectivity index (χ0) is 14.4. The van der Waals surface area contributed by atoms with E-state index in [1.54, 1.807) is 0 Å². The van der Waals surface area contributed by atoms with Gasteiger partial charge in [0.1, 0.15) is 5.69 Å². The van der Waals surface area contributed by atoms with E-state index in [4.69, 9.17) is 4.74 Å². The second-order valence-corrected chi connectivity index (χ2v) is 5.44. The van der Waals surface area contributed by atoms with Crippen molar-refractivity contribution in [1.82, 2.24) is 14.9 Å². The molecule has 0 unspecified atom stereocenters. The molecule has 2 rings (SSSR count). The summed E-state index contributed by atoms with van der Waals surface area (Å²) >= 11 is 1.26. The summed E-state index contributed by atoms with van der Waals surface area (Å²) in [7, 11) is 0. The average molecular weight is 307 g/mol. The summed E-state index contributed by atoms with van der Waals surface area (Å²) in [6.45, 7) is 4.28. The number of nitrogens with zero attached hydrogens (tertiary/aromatic N) is 3. The highest BCUT2D eigenvalue weighted by Gasteiger charge is 2.32. The molecule has 0 aliphatic carbocycles. The summed E-state index contributed by atoms with van der Waals surface area (Å²) < 4.78 is 42.7. The van der Waals surface area contributed by atoms with Crippen molar-refractivity contribution in [3.63, 3.8) is 0 Å². The Kier molecular flexibility index (Phi) is 5.62. The first kappa shape index (κ1) is 15.5. The van der Waals surface area contributed by atoms with Gasteiger partial charge in [0.15, 0.2) is 5.16 Å². The van der Waals surface area contributed by atoms with Crippen molar-refractivity contribution in [3.05, 3.63) is 18.0 Å². The number of morpholine rings is 1. The second-order valence-electron chi connectivity index (χ2n) is 4.38. The van der Waals surface area contributed by atoms with Crippen molar-refractivity contribution in [3.8, 4) is 0 Å². The van der Waals surface area contributed by atoms with Gasteiger partial charge in [-0.25, -0.2) is 9.97 Å². The van der Waals surface area contributed by atoms with Gasteiger partial charge in [0, 0.05) is 25.0 Å². The van der Waals surface area contributed by atoms with Crippen LogP contribution in [0.4, 0.5) is 13.2 Å². The van der Waals surface area contributed by atoms with E-state index in [-0.39, 0.29) is 5.16 Å². The molecule has 0 aromatic carbocycles. The molecule has 0 spiro atoms. The summed E-state index contributed by atoms with van der Waals surface area (Å²) in [5.41, 5.74) is -0.886. The Morgan fingerprint density at radius 2 is 2.05 bits per heavy atom. The molecular formula is C12H16F3N3OS. The fraction of sp³-hybridized carbons (Fsp3) is 0.667. The highest BCUT2D eigenvalue weighted by atomic mass is 32.2. The molecule has 1 fully saturated rings. The standard InChI is InChI=1S/C12H16F3N3OS/c13-12(14,15)10-2-3-16-11(17-10)20-9-1-4-18-5-7-19-8-6-18/h2-3H,1,4-9H2. The minimum Gasteiger partial charge on any atom is -0.379 e. The zero-order valence-electron chi connectivity index (χ0n) is 10.9. The van der Waals surface area contributed by atoms with Gasteiger partial charge in [-0.1, -0.05) is 11.8 Å². The zero-order valence-corrected chi connectivity index (χ0v) is 11.7. The Morgan fingerprint density at radius 3 is 2.75 bits per heavy atom. The molecule has 1 aliphatic heterocycles. The van der Waals surface area contributed by atoms with E-state index in [1.165, 1.54) is 11.8 Å². The van der Waals surface area contributed by atoms with Gasteiger partial charge >= 0.3 is 6.18 Å². The van der Waals surface area contributed by atoms with E-state index < -0.39 is 11.9 Å². The fourth-order valence-electron chi connectivity index (χ4n) is 1.84. The first-order valence-electron chi connectivity index (χ1n) is 6.39. The maximum absolute atomic E-state index is 12.5. The molecule has 1 aromatic rings. The van der Waals surface area contributed by atoms with Crippen molar-refractivity contribution < 1.29 is 17.9 Å². The van der Waals surface area contributed by atoms with E-state index in [9.17, 15) is 13.2 Å². The molecule has 1 aliphatic rings. The third-order valence-corrected chi connectivity index (χ3v) is 3.83. The van der Waals surface area contributed by atoms with Gasteiger partial charge in [-0.05, 0) is 19.0 Å². The SMILES string of the molecule is FC(F)(F)c1ccnc(SCCCN2CCOCC2)n1. The molecule has 0 saturated carbocycles. The molecule has 4 nitrogen and oxygen atoms in total. The fourth-order valence-corrected chi connectivity index (χ4v) is 2.60. The molecule has 20 heavy (non-hydrogen) atoms. The van der Waals surface area contributed by atoms with Gasteiger partial charge in [0.2, 0.25) is 0 Å². The molecule has 1 aromatic heterocycles. The number of aromatic nitrogens is 2. The summed E-state index contributed by atoms with van der Waals surface area (Å²) in [6, 6.07) is 0.887. The smallest absolute Gasteiger partial charge is 0.379 e. The maximum Gasteiger partial charge on any atom is 0.433 e. The van der Waals surface area contributed by atoms with Gasteiger partial charge in [0.25, 0.3) is 0 Å². The van der Waals surface area contributed by atoms with Gasteiger partial charge < -0.3 is 4.74 Å². The first-order valence-corrected chi connectivity index (χ1v) is 7.37. The molecule has 8 heteroatoms. The van der Waals surface area contributed by atoms with E-state index in [1.807, 2.05) is 0 Å². The largest absolute Gasteiger partial charge is 0.433 e. The lowest BCUT2D eigenvalue weighted by Crippen LogP contribution is -2.36. The number of ether oxygens (including phenoxy) is 1. The van der Waals surface area contributed by atoms with Crippen LogP contribution in [0.1, 0.15) is 12.1 Å². The van der Waals surface area contributed by atoms with Crippen LogP contribution in [0.2, 0.25) is 0 Å². The monoisotopic (exact) mass is 307 g/mol.